The Morgan fingerprint density at radius 1 is 1.47 bits per heavy atom. The lowest BCUT2D eigenvalue weighted by molar-refractivity contribution is 0.628. The van der Waals surface area contributed by atoms with Crippen LogP contribution in [0.1, 0.15) is 17.8 Å². The average Bonchev–Trinajstić information content (AvgIpc) is 2.69. The molecule has 0 bridgehead atoms. The van der Waals surface area contributed by atoms with Crippen LogP contribution in [0.5, 0.6) is 0 Å². The Hall–Kier alpha value is -1.12. The van der Waals surface area contributed by atoms with Crippen molar-refractivity contribution in [3.8, 4) is 0 Å². The van der Waals surface area contributed by atoms with Crippen molar-refractivity contribution in [3.63, 3.8) is 0 Å². The minimum atomic E-state index is 0.403. The first-order valence-corrected chi connectivity index (χ1v) is 5.95. The summed E-state index contributed by atoms with van der Waals surface area (Å²) in [6.45, 7) is 6.76. The van der Waals surface area contributed by atoms with E-state index in [9.17, 15) is 0 Å². The molecule has 15 heavy (non-hydrogen) atoms. The van der Waals surface area contributed by atoms with E-state index in [4.69, 9.17) is 0 Å². The van der Waals surface area contributed by atoms with Gasteiger partial charge in [-0.05, 0) is 24.4 Å². The topological polar surface area (TPSA) is 12.0 Å². The Bertz CT molecular complexity index is 425. The van der Waals surface area contributed by atoms with Gasteiger partial charge in [-0.2, -0.15) is 0 Å². The SMILES string of the molecule is C=CCNC(C)c1cc2ccccc2s1. The van der Waals surface area contributed by atoms with E-state index in [1.54, 1.807) is 0 Å². The first-order valence-electron chi connectivity index (χ1n) is 5.14. The largest absolute Gasteiger partial charge is 0.306 e. The number of rotatable bonds is 4. The summed E-state index contributed by atoms with van der Waals surface area (Å²) in [6, 6.07) is 11.2. The molecule has 2 heteroatoms. The van der Waals surface area contributed by atoms with Crippen molar-refractivity contribution in [2.24, 2.45) is 0 Å². The molecule has 0 aliphatic rings. The van der Waals surface area contributed by atoms with Gasteiger partial charge in [-0.25, -0.2) is 0 Å². The van der Waals surface area contributed by atoms with Crippen LogP contribution >= 0.6 is 11.3 Å². The third-order valence-electron chi connectivity index (χ3n) is 2.44. The number of thiophene rings is 1. The Balaban J connectivity index is 2.24. The van der Waals surface area contributed by atoms with Crippen LogP contribution in [0.3, 0.4) is 0 Å². The minimum absolute atomic E-state index is 0.403. The van der Waals surface area contributed by atoms with E-state index in [-0.39, 0.29) is 0 Å². The highest BCUT2D eigenvalue weighted by molar-refractivity contribution is 7.19. The van der Waals surface area contributed by atoms with Crippen LogP contribution in [0.2, 0.25) is 0 Å². The summed E-state index contributed by atoms with van der Waals surface area (Å²) in [5.41, 5.74) is 0. The highest BCUT2D eigenvalue weighted by atomic mass is 32.1. The average molecular weight is 217 g/mol. The number of nitrogens with one attached hydrogen (secondary N) is 1. The van der Waals surface area contributed by atoms with Crippen molar-refractivity contribution in [1.82, 2.24) is 5.32 Å². The van der Waals surface area contributed by atoms with Crippen molar-refractivity contribution in [2.45, 2.75) is 13.0 Å². The molecule has 1 aromatic heterocycles. The molecule has 1 unspecified atom stereocenters. The molecule has 1 aromatic carbocycles. The van der Waals surface area contributed by atoms with Crippen LogP contribution < -0.4 is 5.32 Å². The van der Waals surface area contributed by atoms with E-state index in [0.717, 1.165) is 6.54 Å². The standard InChI is InChI=1S/C13H15NS/c1-3-8-14-10(2)13-9-11-6-4-5-7-12(11)15-13/h3-7,9-10,14H,1,8H2,2H3. The molecule has 0 saturated carbocycles. The fraction of sp³-hybridized carbons (Fsp3) is 0.231. The molecule has 1 nitrogen and oxygen atoms in total. The zero-order valence-electron chi connectivity index (χ0n) is 8.86. The summed E-state index contributed by atoms with van der Waals surface area (Å²) in [4.78, 5) is 1.39. The van der Waals surface area contributed by atoms with Crippen molar-refractivity contribution < 1.29 is 0 Å². The summed E-state index contributed by atoms with van der Waals surface area (Å²) in [7, 11) is 0. The minimum Gasteiger partial charge on any atom is -0.306 e. The van der Waals surface area contributed by atoms with Gasteiger partial charge in [-0.15, -0.1) is 17.9 Å². The van der Waals surface area contributed by atoms with Gasteiger partial charge in [0, 0.05) is 22.2 Å². The van der Waals surface area contributed by atoms with Crippen molar-refractivity contribution in [2.75, 3.05) is 6.54 Å². The van der Waals surface area contributed by atoms with Crippen molar-refractivity contribution in [3.05, 3.63) is 47.9 Å². The molecule has 0 radical (unpaired) electrons. The molecule has 2 aromatic rings. The first-order chi connectivity index (χ1) is 7.31. The second kappa shape index (κ2) is 4.60. The molecule has 1 N–H and O–H groups in total. The van der Waals surface area contributed by atoms with Crippen LogP contribution in [0, 0.1) is 0 Å². The van der Waals surface area contributed by atoms with Gasteiger partial charge in [0.15, 0.2) is 0 Å². The Morgan fingerprint density at radius 3 is 3.00 bits per heavy atom. The molecule has 1 heterocycles. The fourth-order valence-electron chi connectivity index (χ4n) is 1.58. The number of hydrogen-bond acceptors (Lipinski definition) is 2. The van der Waals surface area contributed by atoms with Gasteiger partial charge in [-0.1, -0.05) is 24.3 Å². The predicted molar refractivity (Wildman–Crippen MR) is 68.4 cm³/mol. The molecule has 78 valence electrons. The van der Waals surface area contributed by atoms with Gasteiger partial charge in [-0.3, -0.25) is 0 Å². The van der Waals surface area contributed by atoms with Crippen molar-refractivity contribution in [1.29, 1.82) is 0 Å². The molecule has 1 atom stereocenters. The van der Waals surface area contributed by atoms with Gasteiger partial charge < -0.3 is 5.32 Å². The lowest BCUT2D eigenvalue weighted by Gasteiger charge is -2.08. The second-order valence-electron chi connectivity index (χ2n) is 3.61. The third kappa shape index (κ3) is 2.28. The predicted octanol–water partition coefficient (Wildman–Crippen LogP) is 3.74. The van der Waals surface area contributed by atoms with Gasteiger partial charge >= 0.3 is 0 Å². The molecule has 0 aliphatic heterocycles. The summed E-state index contributed by atoms with van der Waals surface area (Å²) in [6.07, 6.45) is 1.89. The van der Waals surface area contributed by atoms with E-state index >= 15 is 0 Å². The van der Waals surface area contributed by atoms with E-state index in [1.165, 1.54) is 15.0 Å². The first kappa shape index (κ1) is 10.4. The molecule has 0 aliphatic carbocycles. The summed E-state index contributed by atoms with van der Waals surface area (Å²) >= 11 is 1.86. The van der Waals surface area contributed by atoms with Crippen LogP contribution in [0.25, 0.3) is 10.1 Å². The number of hydrogen-bond donors (Lipinski definition) is 1. The van der Waals surface area contributed by atoms with E-state index in [1.807, 2.05) is 17.4 Å². The molecular formula is C13H15NS. The lowest BCUT2D eigenvalue weighted by Crippen LogP contribution is -2.17. The van der Waals surface area contributed by atoms with Crippen LogP contribution in [0.4, 0.5) is 0 Å². The Morgan fingerprint density at radius 2 is 2.27 bits per heavy atom. The van der Waals surface area contributed by atoms with E-state index in [2.05, 4.69) is 49.2 Å². The molecule has 0 saturated heterocycles. The van der Waals surface area contributed by atoms with E-state index in [0.29, 0.717) is 6.04 Å². The summed E-state index contributed by atoms with van der Waals surface area (Å²) in [5.74, 6) is 0. The van der Waals surface area contributed by atoms with Crippen molar-refractivity contribution >= 4 is 21.4 Å². The maximum absolute atomic E-state index is 3.71. The zero-order chi connectivity index (χ0) is 10.7. The Kier molecular flexibility index (Phi) is 3.19. The molecule has 0 amide bonds. The third-order valence-corrected chi connectivity index (χ3v) is 3.74. The maximum Gasteiger partial charge on any atom is 0.0389 e. The number of fused-ring (bicyclic) bond motifs is 1. The smallest absolute Gasteiger partial charge is 0.0389 e. The normalized spacial score (nSPS) is 12.9. The maximum atomic E-state index is 3.71. The molecule has 0 spiro atoms. The molecular weight excluding hydrogens is 202 g/mol. The Labute approximate surface area is 94.4 Å². The second-order valence-corrected chi connectivity index (χ2v) is 4.72. The summed E-state index contributed by atoms with van der Waals surface area (Å²) < 4.78 is 1.36. The quantitative estimate of drug-likeness (QED) is 0.769. The van der Waals surface area contributed by atoms with Gasteiger partial charge in [0.1, 0.15) is 0 Å². The zero-order valence-corrected chi connectivity index (χ0v) is 9.68. The summed E-state index contributed by atoms with van der Waals surface area (Å²) in [5, 5.41) is 4.74. The van der Waals surface area contributed by atoms with Gasteiger partial charge in [0.05, 0.1) is 0 Å². The number of benzene rings is 1. The van der Waals surface area contributed by atoms with Gasteiger partial charge in [0.2, 0.25) is 0 Å². The van der Waals surface area contributed by atoms with Crippen LogP contribution in [-0.2, 0) is 0 Å². The van der Waals surface area contributed by atoms with E-state index < -0.39 is 0 Å². The lowest BCUT2D eigenvalue weighted by atomic mass is 10.2. The highest BCUT2D eigenvalue weighted by Gasteiger charge is 2.07. The van der Waals surface area contributed by atoms with Gasteiger partial charge in [0.25, 0.3) is 0 Å². The van der Waals surface area contributed by atoms with Crippen LogP contribution in [0.15, 0.2) is 43.0 Å². The van der Waals surface area contributed by atoms with Crippen LogP contribution in [-0.4, -0.2) is 6.54 Å². The monoisotopic (exact) mass is 217 g/mol. The highest BCUT2D eigenvalue weighted by Crippen LogP contribution is 2.29. The fourth-order valence-corrected chi connectivity index (χ4v) is 2.67. The molecule has 0 fully saturated rings. The molecule has 2 rings (SSSR count).